The second-order valence-electron chi connectivity index (χ2n) is 8.16. The summed E-state index contributed by atoms with van der Waals surface area (Å²) in [4.78, 5) is 33.7. The number of carbonyl (C=O) groups excluding carboxylic acids is 1. The fourth-order valence-corrected chi connectivity index (χ4v) is 3.95. The van der Waals surface area contributed by atoms with E-state index in [9.17, 15) is 27.2 Å². The summed E-state index contributed by atoms with van der Waals surface area (Å²) in [5.41, 5.74) is 0.741. The van der Waals surface area contributed by atoms with Crippen molar-refractivity contribution >= 4 is 22.5 Å². The van der Waals surface area contributed by atoms with Crippen LogP contribution in [0.1, 0.15) is 21.6 Å². The van der Waals surface area contributed by atoms with E-state index in [2.05, 4.69) is 9.97 Å². The molecule has 3 aromatic rings. The SMILES string of the molecule is Cc1cc2ccc(CN3CCN(c4ccc(C(=O)NCC(F)F)nc4F)CC3)c(F)c2[nH]c1=O. The lowest BCUT2D eigenvalue weighted by Crippen LogP contribution is -2.46. The molecule has 1 aromatic carbocycles. The summed E-state index contributed by atoms with van der Waals surface area (Å²) in [6.45, 7) is 3.10. The van der Waals surface area contributed by atoms with Crippen LogP contribution in [0.25, 0.3) is 10.9 Å². The number of carbonyl (C=O) groups is 1. The topological polar surface area (TPSA) is 81.3 Å². The first-order valence-electron chi connectivity index (χ1n) is 10.7. The summed E-state index contributed by atoms with van der Waals surface area (Å²) in [5, 5.41) is 2.61. The van der Waals surface area contributed by atoms with E-state index in [1.165, 1.54) is 12.1 Å². The zero-order valence-corrected chi connectivity index (χ0v) is 18.4. The van der Waals surface area contributed by atoms with Gasteiger partial charge in [-0.15, -0.1) is 0 Å². The number of halogens is 4. The number of rotatable bonds is 6. The third-order valence-corrected chi connectivity index (χ3v) is 5.81. The molecule has 0 atom stereocenters. The molecule has 180 valence electrons. The molecule has 2 N–H and O–H groups in total. The lowest BCUT2D eigenvalue weighted by atomic mass is 10.1. The van der Waals surface area contributed by atoms with Crippen LogP contribution in [0.2, 0.25) is 0 Å². The molecule has 34 heavy (non-hydrogen) atoms. The number of amides is 1. The summed E-state index contributed by atoms with van der Waals surface area (Å²) in [6, 6.07) is 7.81. The number of aromatic amines is 1. The number of aryl methyl sites for hydroxylation is 1. The molecule has 7 nitrogen and oxygen atoms in total. The summed E-state index contributed by atoms with van der Waals surface area (Å²) >= 11 is 0. The lowest BCUT2D eigenvalue weighted by molar-refractivity contribution is 0.0886. The van der Waals surface area contributed by atoms with Gasteiger partial charge in [-0.25, -0.2) is 18.2 Å². The summed E-state index contributed by atoms with van der Waals surface area (Å²) in [5.74, 6) is -2.20. The maximum Gasteiger partial charge on any atom is 0.270 e. The van der Waals surface area contributed by atoms with Crippen LogP contribution >= 0.6 is 0 Å². The Morgan fingerprint density at radius 2 is 1.88 bits per heavy atom. The van der Waals surface area contributed by atoms with Gasteiger partial charge in [-0.2, -0.15) is 4.39 Å². The van der Waals surface area contributed by atoms with Crippen molar-refractivity contribution in [3.8, 4) is 0 Å². The number of H-pyrrole nitrogens is 1. The zero-order chi connectivity index (χ0) is 24.4. The van der Waals surface area contributed by atoms with Crippen LogP contribution in [-0.2, 0) is 6.54 Å². The van der Waals surface area contributed by atoms with E-state index in [4.69, 9.17) is 0 Å². The molecule has 1 fully saturated rings. The second kappa shape index (κ2) is 9.80. The van der Waals surface area contributed by atoms with Gasteiger partial charge >= 0.3 is 0 Å². The number of aromatic nitrogens is 2. The van der Waals surface area contributed by atoms with Gasteiger partial charge in [0.1, 0.15) is 5.69 Å². The van der Waals surface area contributed by atoms with Crippen LogP contribution in [0, 0.1) is 18.7 Å². The Labute approximate surface area is 192 Å². The molecule has 0 spiro atoms. The van der Waals surface area contributed by atoms with Gasteiger partial charge in [0.15, 0.2) is 5.82 Å². The highest BCUT2D eigenvalue weighted by Crippen LogP contribution is 2.23. The van der Waals surface area contributed by atoms with Crippen LogP contribution in [0.5, 0.6) is 0 Å². The number of anilines is 1. The lowest BCUT2D eigenvalue weighted by Gasteiger charge is -2.36. The van der Waals surface area contributed by atoms with Gasteiger partial charge in [0, 0.05) is 49.2 Å². The molecule has 0 radical (unpaired) electrons. The molecule has 1 aliphatic heterocycles. The van der Waals surface area contributed by atoms with Crippen molar-refractivity contribution in [3.63, 3.8) is 0 Å². The number of hydrogen-bond acceptors (Lipinski definition) is 5. The van der Waals surface area contributed by atoms with Crippen molar-refractivity contribution < 1.29 is 22.4 Å². The molecule has 1 saturated heterocycles. The van der Waals surface area contributed by atoms with Crippen LogP contribution < -0.4 is 15.8 Å². The quantitative estimate of drug-likeness (QED) is 0.422. The normalized spacial score (nSPS) is 14.7. The number of alkyl halides is 2. The average molecular weight is 477 g/mol. The number of nitrogens with zero attached hydrogens (tertiary/aromatic N) is 3. The van der Waals surface area contributed by atoms with Gasteiger partial charge in [-0.05, 0) is 25.1 Å². The molecule has 0 aliphatic carbocycles. The van der Waals surface area contributed by atoms with E-state index in [1.54, 1.807) is 30.0 Å². The molecule has 2 aromatic heterocycles. The van der Waals surface area contributed by atoms with Gasteiger partial charge in [0.25, 0.3) is 17.9 Å². The van der Waals surface area contributed by atoms with Crippen LogP contribution in [0.4, 0.5) is 23.2 Å². The predicted molar refractivity (Wildman–Crippen MR) is 119 cm³/mol. The minimum atomic E-state index is -2.71. The van der Waals surface area contributed by atoms with Crippen molar-refractivity contribution in [2.24, 2.45) is 0 Å². The van der Waals surface area contributed by atoms with Gasteiger partial charge in [-0.3, -0.25) is 14.5 Å². The maximum absolute atomic E-state index is 15.0. The number of hydrogen-bond donors (Lipinski definition) is 2. The predicted octanol–water partition coefficient (Wildman–Crippen LogP) is 2.83. The Hall–Kier alpha value is -3.47. The first kappa shape index (κ1) is 23.7. The van der Waals surface area contributed by atoms with Gasteiger partial charge < -0.3 is 15.2 Å². The standard InChI is InChI=1S/C23H23F4N5O2/c1-13-10-14-2-3-15(19(26)20(14)30-22(13)33)12-31-6-8-32(9-7-31)17-5-4-16(29-21(17)27)23(34)28-11-18(24)25/h2-5,10,18H,6-9,11-12H2,1H3,(H,28,34)(H,30,33). The molecule has 4 rings (SSSR count). The van der Waals surface area contributed by atoms with Crippen molar-refractivity contribution in [1.82, 2.24) is 20.2 Å². The second-order valence-corrected chi connectivity index (χ2v) is 8.16. The average Bonchev–Trinajstić information content (AvgIpc) is 2.81. The maximum atomic E-state index is 15.0. The smallest absolute Gasteiger partial charge is 0.270 e. The van der Waals surface area contributed by atoms with E-state index >= 15 is 0 Å². The summed E-state index contributed by atoms with van der Waals surface area (Å²) in [6.07, 6.45) is -2.71. The van der Waals surface area contributed by atoms with Crippen molar-refractivity contribution in [2.45, 2.75) is 19.9 Å². The van der Waals surface area contributed by atoms with Crippen LogP contribution in [-0.4, -0.2) is 59.9 Å². The number of pyridine rings is 2. The first-order valence-corrected chi connectivity index (χ1v) is 10.7. The third-order valence-electron chi connectivity index (χ3n) is 5.81. The molecule has 0 saturated carbocycles. The number of piperazine rings is 1. The first-order chi connectivity index (χ1) is 16.2. The largest absolute Gasteiger partial charge is 0.365 e. The number of nitrogens with one attached hydrogen (secondary N) is 2. The number of benzene rings is 1. The molecular weight excluding hydrogens is 454 g/mol. The Morgan fingerprint density at radius 1 is 1.15 bits per heavy atom. The monoisotopic (exact) mass is 477 g/mol. The molecule has 11 heteroatoms. The fraction of sp³-hybridized carbons (Fsp3) is 0.348. The van der Waals surface area contributed by atoms with Gasteiger partial charge in [0.2, 0.25) is 5.95 Å². The Bertz CT molecular complexity index is 1270. The minimum absolute atomic E-state index is 0.178. The molecular formula is C23H23F4N5O2. The van der Waals surface area contributed by atoms with Crippen LogP contribution in [0.15, 0.2) is 35.1 Å². The highest BCUT2D eigenvalue weighted by atomic mass is 19.3. The minimum Gasteiger partial charge on any atom is -0.365 e. The van der Waals surface area contributed by atoms with Crippen molar-refractivity contribution in [1.29, 1.82) is 0 Å². The number of fused-ring (bicyclic) bond motifs is 1. The zero-order valence-electron chi connectivity index (χ0n) is 18.4. The Kier molecular flexibility index (Phi) is 6.82. The van der Waals surface area contributed by atoms with Gasteiger partial charge in [-0.1, -0.05) is 12.1 Å². The van der Waals surface area contributed by atoms with E-state index in [-0.39, 0.29) is 22.5 Å². The van der Waals surface area contributed by atoms with E-state index in [1.807, 2.05) is 10.2 Å². The molecule has 1 amide bonds. The summed E-state index contributed by atoms with van der Waals surface area (Å²) < 4.78 is 54.0. The Balaban J connectivity index is 1.40. The molecule has 0 bridgehead atoms. The fourth-order valence-electron chi connectivity index (χ4n) is 3.95. The van der Waals surface area contributed by atoms with E-state index < -0.39 is 30.6 Å². The third kappa shape index (κ3) is 5.04. The van der Waals surface area contributed by atoms with E-state index in [0.717, 1.165) is 0 Å². The Morgan fingerprint density at radius 3 is 2.56 bits per heavy atom. The highest BCUT2D eigenvalue weighted by Gasteiger charge is 2.23. The van der Waals surface area contributed by atoms with Crippen molar-refractivity contribution in [2.75, 3.05) is 37.6 Å². The summed E-state index contributed by atoms with van der Waals surface area (Å²) in [7, 11) is 0. The highest BCUT2D eigenvalue weighted by molar-refractivity contribution is 5.92. The van der Waals surface area contributed by atoms with E-state index in [0.29, 0.717) is 49.2 Å². The molecule has 0 unspecified atom stereocenters. The van der Waals surface area contributed by atoms with Crippen LogP contribution in [0.3, 0.4) is 0 Å². The van der Waals surface area contributed by atoms with Gasteiger partial charge in [0.05, 0.1) is 17.7 Å². The molecule has 3 heterocycles. The molecule has 1 aliphatic rings. The van der Waals surface area contributed by atoms with Crippen molar-refractivity contribution in [3.05, 3.63) is 69.3 Å².